The van der Waals surface area contributed by atoms with E-state index in [1.807, 2.05) is 6.07 Å². The molecule has 0 aliphatic carbocycles. The zero-order chi connectivity index (χ0) is 11.5. The van der Waals surface area contributed by atoms with Crippen LogP contribution in [-0.4, -0.2) is 29.3 Å². The second kappa shape index (κ2) is 4.59. The van der Waals surface area contributed by atoms with Crippen molar-refractivity contribution in [2.24, 2.45) is 0 Å². The monoisotopic (exact) mass is 228 g/mol. The summed E-state index contributed by atoms with van der Waals surface area (Å²) in [5.74, 6) is 0. The van der Waals surface area contributed by atoms with E-state index in [4.69, 9.17) is 0 Å². The molecule has 4 nitrogen and oxygen atoms in total. The van der Waals surface area contributed by atoms with E-state index in [1.165, 1.54) is 12.1 Å². The number of rotatable bonds is 3. The fourth-order valence-electron chi connectivity index (χ4n) is 2.18. The lowest BCUT2D eigenvalue weighted by atomic mass is 10.1. The summed E-state index contributed by atoms with van der Waals surface area (Å²) in [6, 6.07) is 11.0. The molecule has 1 unspecified atom stereocenters. The third-order valence-corrected chi connectivity index (χ3v) is 3.13. The first-order valence-electron chi connectivity index (χ1n) is 5.99. The average molecular weight is 228 g/mol. The highest BCUT2D eigenvalue weighted by atomic mass is 15.1. The molecule has 0 radical (unpaired) electrons. The number of benzene rings is 1. The minimum absolute atomic E-state index is 0.563. The molecule has 1 aromatic heterocycles. The van der Waals surface area contributed by atoms with Crippen molar-refractivity contribution in [2.45, 2.75) is 12.5 Å². The molecule has 1 aliphatic rings. The van der Waals surface area contributed by atoms with Gasteiger partial charge in [0.1, 0.15) is 0 Å². The molecule has 1 atom stereocenters. The highest BCUT2D eigenvalue weighted by Crippen LogP contribution is 2.19. The van der Waals surface area contributed by atoms with Crippen LogP contribution in [0.25, 0.3) is 11.3 Å². The topological polar surface area (TPSA) is 52.7 Å². The lowest BCUT2D eigenvalue weighted by Crippen LogP contribution is -2.21. The van der Waals surface area contributed by atoms with Crippen molar-refractivity contribution in [3.8, 4) is 11.3 Å². The van der Waals surface area contributed by atoms with Crippen molar-refractivity contribution in [2.75, 3.05) is 18.4 Å². The number of nitrogens with zero attached hydrogens (tertiary/aromatic N) is 1. The van der Waals surface area contributed by atoms with Crippen molar-refractivity contribution < 1.29 is 0 Å². The van der Waals surface area contributed by atoms with E-state index in [0.717, 1.165) is 24.3 Å². The highest BCUT2D eigenvalue weighted by Gasteiger charge is 2.13. The van der Waals surface area contributed by atoms with Gasteiger partial charge in [0.15, 0.2) is 0 Å². The normalized spacial score (nSPS) is 19.4. The largest absolute Gasteiger partial charge is 0.381 e. The number of hydrogen-bond acceptors (Lipinski definition) is 3. The molecule has 88 valence electrons. The van der Waals surface area contributed by atoms with E-state index in [2.05, 4.69) is 45.1 Å². The first-order chi connectivity index (χ1) is 8.42. The van der Waals surface area contributed by atoms with Gasteiger partial charge in [-0.15, -0.1) is 0 Å². The summed E-state index contributed by atoms with van der Waals surface area (Å²) < 4.78 is 0. The van der Waals surface area contributed by atoms with Gasteiger partial charge in [-0.2, -0.15) is 5.10 Å². The Balaban J connectivity index is 1.71. The average Bonchev–Trinajstić information content (AvgIpc) is 3.01. The Morgan fingerprint density at radius 3 is 2.71 bits per heavy atom. The molecule has 3 N–H and O–H groups in total. The van der Waals surface area contributed by atoms with Crippen LogP contribution in [0.4, 0.5) is 5.69 Å². The molecular weight excluding hydrogens is 212 g/mol. The molecule has 1 aromatic carbocycles. The molecule has 4 heteroatoms. The van der Waals surface area contributed by atoms with Crippen LogP contribution in [0.15, 0.2) is 36.5 Å². The maximum absolute atomic E-state index is 3.96. The third kappa shape index (κ3) is 2.31. The molecule has 0 bridgehead atoms. The number of nitrogens with one attached hydrogen (secondary N) is 3. The fraction of sp³-hybridized carbons (Fsp3) is 0.308. The van der Waals surface area contributed by atoms with Crippen molar-refractivity contribution in [3.63, 3.8) is 0 Å². The van der Waals surface area contributed by atoms with E-state index in [9.17, 15) is 0 Å². The zero-order valence-electron chi connectivity index (χ0n) is 9.61. The van der Waals surface area contributed by atoms with Crippen LogP contribution < -0.4 is 10.6 Å². The van der Waals surface area contributed by atoms with Gasteiger partial charge < -0.3 is 10.6 Å². The number of H-pyrrole nitrogens is 1. The van der Waals surface area contributed by atoms with Crippen molar-refractivity contribution in [1.29, 1.82) is 0 Å². The molecule has 1 fully saturated rings. The van der Waals surface area contributed by atoms with Crippen LogP contribution in [0, 0.1) is 0 Å². The van der Waals surface area contributed by atoms with Gasteiger partial charge in [0.25, 0.3) is 0 Å². The standard InChI is InChI=1S/C13H16N4/c1-3-11(16-12-5-7-14-9-12)4-2-10(1)13-6-8-15-17-13/h1-4,6,8,12,14,16H,5,7,9H2,(H,15,17). The molecule has 0 amide bonds. The summed E-state index contributed by atoms with van der Waals surface area (Å²) in [4.78, 5) is 0. The van der Waals surface area contributed by atoms with Gasteiger partial charge in [0.05, 0.1) is 5.69 Å². The smallest absolute Gasteiger partial charge is 0.0650 e. The maximum Gasteiger partial charge on any atom is 0.0650 e. The van der Waals surface area contributed by atoms with E-state index >= 15 is 0 Å². The first-order valence-corrected chi connectivity index (χ1v) is 5.99. The van der Waals surface area contributed by atoms with Crippen LogP contribution >= 0.6 is 0 Å². The second-order valence-electron chi connectivity index (χ2n) is 4.38. The quantitative estimate of drug-likeness (QED) is 0.751. The van der Waals surface area contributed by atoms with E-state index in [1.54, 1.807) is 6.20 Å². The molecular formula is C13H16N4. The van der Waals surface area contributed by atoms with Gasteiger partial charge in [0, 0.05) is 24.5 Å². The van der Waals surface area contributed by atoms with E-state index in [-0.39, 0.29) is 0 Å². The predicted octanol–water partition coefficient (Wildman–Crippen LogP) is 1.85. The number of hydrogen-bond donors (Lipinski definition) is 3. The Labute approximate surface area is 100 Å². The Morgan fingerprint density at radius 2 is 2.06 bits per heavy atom. The summed E-state index contributed by atoms with van der Waals surface area (Å²) >= 11 is 0. The Morgan fingerprint density at radius 1 is 1.18 bits per heavy atom. The van der Waals surface area contributed by atoms with Crippen LogP contribution in [0.1, 0.15) is 6.42 Å². The molecule has 1 aliphatic heterocycles. The van der Waals surface area contributed by atoms with Crippen LogP contribution in [0.5, 0.6) is 0 Å². The highest BCUT2D eigenvalue weighted by molar-refractivity contribution is 5.62. The van der Waals surface area contributed by atoms with Crippen LogP contribution in [0.2, 0.25) is 0 Å². The second-order valence-corrected chi connectivity index (χ2v) is 4.38. The molecule has 1 saturated heterocycles. The van der Waals surface area contributed by atoms with Gasteiger partial charge in [-0.1, -0.05) is 12.1 Å². The molecule has 17 heavy (non-hydrogen) atoms. The number of aromatic nitrogens is 2. The molecule has 3 rings (SSSR count). The summed E-state index contributed by atoms with van der Waals surface area (Å²) in [7, 11) is 0. The third-order valence-electron chi connectivity index (χ3n) is 3.13. The molecule has 2 aromatic rings. The van der Waals surface area contributed by atoms with Gasteiger partial charge in [-0.25, -0.2) is 0 Å². The first kappa shape index (κ1) is 10.4. The van der Waals surface area contributed by atoms with Gasteiger partial charge in [0.2, 0.25) is 0 Å². The van der Waals surface area contributed by atoms with Gasteiger partial charge >= 0.3 is 0 Å². The maximum atomic E-state index is 3.96. The number of aromatic amines is 1. The molecule has 0 saturated carbocycles. The van der Waals surface area contributed by atoms with Crippen LogP contribution in [-0.2, 0) is 0 Å². The predicted molar refractivity (Wildman–Crippen MR) is 68.9 cm³/mol. The summed E-state index contributed by atoms with van der Waals surface area (Å²) in [5.41, 5.74) is 3.40. The molecule has 0 spiro atoms. The summed E-state index contributed by atoms with van der Waals surface area (Å²) in [6.45, 7) is 2.17. The van der Waals surface area contributed by atoms with Crippen molar-refractivity contribution >= 4 is 5.69 Å². The Bertz CT molecular complexity index is 455. The lowest BCUT2D eigenvalue weighted by Gasteiger charge is -2.12. The fourth-order valence-corrected chi connectivity index (χ4v) is 2.18. The van der Waals surface area contributed by atoms with E-state index < -0.39 is 0 Å². The Hall–Kier alpha value is -1.81. The van der Waals surface area contributed by atoms with Crippen molar-refractivity contribution in [3.05, 3.63) is 36.5 Å². The van der Waals surface area contributed by atoms with Gasteiger partial charge in [-0.05, 0) is 36.7 Å². The number of anilines is 1. The summed E-state index contributed by atoms with van der Waals surface area (Å²) in [6.07, 6.45) is 2.97. The summed E-state index contributed by atoms with van der Waals surface area (Å²) in [5, 5.41) is 13.8. The van der Waals surface area contributed by atoms with E-state index in [0.29, 0.717) is 6.04 Å². The zero-order valence-corrected chi connectivity index (χ0v) is 9.61. The molecule has 2 heterocycles. The Kier molecular flexibility index (Phi) is 2.80. The minimum Gasteiger partial charge on any atom is -0.381 e. The van der Waals surface area contributed by atoms with Gasteiger partial charge in [-0.3, -0.25) is 5.10 Å². The van der Waals surface area contributed by atoms with Crippen LogP contribution in [0.3, 0.4) is 0 Å². The lowest BCUT2D eigenvalue weighted by molar-refractivity contribution is 0.793. The minimum atomic E-state index is 0.563. The SMILES string of the molecule is c1cc(-c2ccc(NC3CCNC3)cc2)[nH]n1. The van der Waals surface area contributed by atoms with Crippen molar-refractivity contribution in [1.82, 2.24) is 15.5 Å².